The summed E-state index contributed by atoms with van der Waals surface area (Å²) in [5.74, 6) is -0.776. The Bertz CT molecular complexity index is 434. The first-order chi connectivity index (χ1) is 8.54. The first kappa shape index (κ1) is 14.0. The first-order valence-electron chi connectivity index (χ1n) is 5.77. The molecule has 0 aliphatic heterocycles. The molecular weight excluding hydrogens is 234 g/mol. The normalized spacial score (nSPS) is 11.7. The van der Waals surface area contributed by atoms with Crippen LogP contribution in [0.25, 0.3) is 0 Å². The molecule has 0 aliphatic rings. The second-order valence-electron chi connectivity index (χ2n) is 3.92. The van der Waals surface area contributed by atoms with Crippen molar-refractivity contribution < 1.29 is 14.7 Å². The molecule has 1 unspecified atom stereocenters. The minimum Gasteiger partial charge on any atom is -0.506 e. The highest BCUT2D eigenvalue weighted by atomic mass is 16.3. The first-order valence-corrected chi connectivity index (χ1v) is 5.77. The third-order valence-corrected chi connectivity index (χ3v) is 2.28. The van der Waals surface area contributed by atoms with Crippen molar-refractivity contribution in [3.63, 3.8) is 0 Å². The maximum atomic E-state index is 11.7. The Kier molecular flexibility index (Phi) is 5.10. The monoisotopic (exact) mass is 251 g/mol. The lowest BCUT2D eigenvalue weighted by Crippen LogP contribution is -2.45. The van der Waals surface area contributed by atoms with Crippen molar-refractivity contribution >= 4 is 11.8 Å². The minimum atomic E-state index is -0.633. The van der Waals surface area contributed by atoms with Crippen LogP contribution in [0.15, 0.2) is 18.5 Å². The highest BCUT2D eigenvalue weighted by Crippen LogP contribution is 2.08. The van der Waals surface area contributed by atoms with Crippen LogP contribution in [0.5, 0.6) is 5.75 Å². The number of nitrogens with one attached hydrogen (secondary N) is 2. The van der Waals surface area contributed by atoms with Gasteiger partial charge in [0, 0.05) is 12.7 Å². The molecule has 3 N–H and O–H groups in total. The van der Waals surface area contributed by atoms with E-state index in [1.54, 1.807) is 6.92 Å². The Labute approximate surface area is 105 Å². The Balaban J connectivity index is 2.56. The molecule has 0 fully saturated rings. The molecule has 1 atom stereocenters. The Morgan fingerprint density at radius 1 is 1.44 bits per heavy atom. The fourth-order valence-electron chi connectivity index (χ4n) is 1.30. The number of amides is 2. The summed E-state index contributed by atoms with van der Waals surface area (Å²) in [6.07, 6.45) is 3.39. The number of carbonyl (C=O) groups excluding carboxylic acids is 2. The molecule has 0 aromatic carbocycles. The van der Waals surface area contributed by atoms with E-state index in [-0.39, 0.29) is 17.2 Å². The molecule has 0 saturated heterocycles. The fraction of sp³-hybridized carbons (Fsp3) is 0.417. The van der Waals surface area contributed by atoms with Crippen molar-refractivity contribution in [3.05, 3.63) is 24.0 Å². The van der Waals surface area contributed by atoms with Gasteiger partial charge >= 0.3 is 0 Å². The van der Waals surface area contributed by atoms with E-state index in [2.05, 4.69) is 15.6 Å². The third-order valence-electron chi connectivity index (χ3n) is 2.28. The van der Waals surface area contributed by atoms with Crippen LogP contribution in [0.1, 0.15) is 30.6 Å². The van der Waals surface area contributed by atoms with Crippen LogP contribution < -0.4 is 10.6 Å². The SMILES string of the molecule is CCCNC(=O)C(C)NC(=O)c1cncc(O)c1. The van der Waals surface area contributed by atoms with Gasteiger partial charge in [-0.2, -0.15) is 0 Å². The Morgan fingerprint density at radius 2 is 2.17 bits per heavy atom. The van der Waals surface area contributed by atoms with Gasteiger partial charge < -0.3 is 15.7 Å². The molecule has 1 aromatic heterocycles. The molecule has 0 aliphatic carbocycles. The number of carbonyl (C=O) groups is 2. The summed E-state index contributed by atoms with van der Waals surface area (Å²) < 4.78 is 0. The van der Waals surface area contributed by atoms with Gasteiger partial charge in [0.15, 0.2) is 0 Å². The zero-order chi connectivity index (χ0) is 13.5. The van der Waals surface area contributed by atoms with Crippen LogP contribution in [-0.2, 0) is 4.79 Å². The summed E-state index contributed by atoms with van der Waals surface area (Å²) in [5.41, 5.74) is 0.213. The molecule has 18 heavy (non-hydrogen) atoms. The predicted molar refractivity (Wildman–Crippen MR) is 66.1 cm³/mol. The van der Waals surface area contributed by atoms with Crippen molar-refractivity contribution in [2.45, 2.75) is 26.3 Å². The molecule has 2 amide bonds. The fourth-order valence-corrected chi connectivity index (χ4v) is 1.30. The maximum Gasteiger partial charge on any atom is 0.253 e. The second kappa shape index (κ2) is 6.58. The van der Waals surface area contributed by atoms with Gasteiger partial charge in [-0.15, -0.1) is 0 Å². The van der Waals surface area contributed by atoms with Gasteiger partial charge in [0.25, 0.3) is 5.91 Å². The Morgan fingerprint density at radius 3 is 2.78 bits per heavy atom. The molecule has 6 nitrogen and oxygen atoms in total. The molecule has 1 aromatic rings. The summed E-state index contributed by atoms with van der Waals surface area (Å²) in [5, 5.41) is 14.4. The predicted octanol–water partition coefficient (Wildman–Crippen LogP) is 0.432. The molecule has 0 radical (unpaired) electrons. The third kappa shape index (κ3) is 4.04. The molecule has 98 valence electrons. The van der Waals surface area contributed by atoms with E-state index >= 15 is 0 Å². The standard InChI is InChI=1S/C12H17N3O3/c1-3-4-14-11(17)8(2)15-12(18)9-5-10(16)7-13-6-9/h5-8,16H,3-4H2,1-2H3,(H,14,17)(H,15,18). The molecule has 1 heterocycles. The van der Waals surface area contributed by atoms with Crippen LogP contribution >= 0.6 is 0 Å². The Hall–Kier alpha value is -2.11. The van der Waals surface area contributed by atoms with Crippen molar-refractivity contribution in [2.24, 2.45) is 0 Å². The van der Waals surface area contributed by atoms with Crippen LogP contribution in [0.4, 0.5) is 0 Å². The zero-order valence-corrected chi connectivity index (χ0v) is 10.4. The van der Waals surface area contributed by atoms with Gasteiger partial charge in [0.2, 0.25) is 5.91 Å². The maximum absolute atomic E-state index is 11.7. The smallest absolute Gasteiger partial charge is 0.253 e. The van der Waals surface area contributed by atoms with Gasteiger partial charge in [-0.05, 0) is 19.4 Å². The quantitative estimate of drug-likeness (QED) is 0.707. The lowest BCUT2D eigenvalue weighted by Gasteiger charge is -2.13. The van der Waals surface area contributed by atoms with E-state index < -0.39 is 11.9 Å². The molecule has 0 saturated carbocycles. The topological polar surface area (TPSA) is 91.3 Å². The van der Waals surface area contributed by atoms with E-state index in [0.717, 1.165) is 6.42 Å². The summed E-state index contributed by atoms with van der Waals surface area (Å²) >= 11 is 0. The molecule has 0 bridgehead atoms. The summed E-state index contributed by atoms with van der Waals surface area (Å²) in [7, 11) is 0. The second-order valence-corrected chi connectivity index (χ2v) is 3.92. The van der Waals surface area contributed by atoms with E-state index in [9.17, 15) is 14.7 Å². The highest BCUT2D eigenvalue weighted by molar-refractivity contribution is 5.97. The van der Waals surface area contributed by atoms with Gasteiger partial charge in [-0.25, -0.2) is 0 Å². The average Bonchev–Trinajstić information content (AvgIpc) is 2.35. The molecular formula is C12H17N3O3. The summed E-state index contributed by atoms with van der Waals surface area (Å²) in [6.45, 7) is 4.12. The van der Waals surface area contributed by atoms with E-state index in [1.807, 2.05) is 6.92 Å². The minimum absolute atomic E-state index is 0.0919. The highest BCUT2D eigenvalue weighted by Gasteiger charge is 2.16. The van der Waals surface area contributed by atoms with E-state index in [1.165, 1.54) is 18.5 Å². The zero-order valence-electron chi connectivity index (χ0n) is 10.4. The van der Waals surface area contributed by atoms with Crippen LogP contribution in [0.2, 0.25) is 0 Å². The number of nitrogens with zero attached hydrogens (tertiary/aromatic N) is 1. The van der Waals surface area contributed by atoms with Crippen molar-refractivity contribution in [2.75, 3.05) is 6.54 Å². The molecule has 6 heteroatoms. The van der Waals surface area contributed by atoms with Gasteiger partial charge in [-0.1, -0.05) is 6.92 Å². The van der Waals surface area contributed by atoms with Crippen LogP contribution in [0, 0.1) is 0 Å². The molecule has 1 rings (SSSR count). The van der Waals surface area contributed by atoms with E-state index in [0.29, 0.717) is 6.54 Å². The van der Waals surface area contributed by atoms with Gasteiger partial charge in [0.1, 0.15) is 11.8 Å². The van der Waals surface area contributed by atoms with E-state index in [4.69, 9.17) is 0 Å². The number of rotatable bonds is 5. The van der Waals surface area contributed by atoms with Crippen LogP contribution in [-0.4, -0.2) is 34.5 Å². The summed E-state index contributed by atoms with van der Waals surface area (Å²) in [6, 6.07) is 0.658. The summed E-state index contributed by atoms with van der Waals surface area (Å²) in [4.78, 5) is 27.0. The number of aromatic hydroxyl groups is 1. The van der Waals surface area contributed by atoms with Crippen molar-refractivity contribution in [1.29, 1.82) is 0 Å². The number of hydrogen-bond donors (Lipinski definition) is 3. The van der Waals surface area contributed by atoms with Gasteiger partial charge in [0.05, 0.1) is 11.8 Å². The number of aromatic nitrogens is 1. The molecule has 0 spiro atoms. The van der Waals surface area contributed by atoms with Crippen molar-refractivity contribution in [3.8, 4) is 5.75 Å². The van der Waals surface area contributed by atoms with Gasteiger partial charge in [-0.3, -0.25) is 14.6 Å². The number of hydrogen-bond acceptors (Lipinski definition) is 4. The largest absolute Gasteiger partial charge is 0.506 e. The average molecular weight is 251 g/mol. The number of pyridine rings is 1. The lowest BCUT2D eigenvalue weighted by atomic mass is 10.2. The van der Waals surface area contributed by atoms with Crippen molar-refractivity contribution in [1.82, 2.24) is 15.6 Å². The lowest BCUT2D eigenvalue weighted by molar-refractivity contribution is -0.122. The van der Waals surface area contributed by atoms with Crippen LogP contribution in [0.3, 0.4) is 0 Å².